The number of methoxy groups -OCH3 is 1. The van der Waals surface area contributed by atoms with Crippen molar-refractivity contribution >= 4 is 23.0 Å². The van der Waals surface area contributed by atoms with Crippen molar-refractivity contribution in [1.82, 2.24) is 15.3 Å². The average molecular weight is 321 g/mol. The quantitative estimate of drug-likeness (QED) is 0.687. The van der Waals surface area contributed by atoms with Crippen molar-refractivity contribution in [2.24, 2.45) is 0 Å². The van der Waals surface area contributed by atoms with Gasteiger partial charge in [-0.15, -0.1) is 0 Å². The topological polar surface area (TPSA) is 103 Å². The molecule has 3 N–H and O–H groups in total. The number of amides is 2. The Morgan fingerprint density at radius 2 is 2.08 bits per heavy atom. The van der Waals surface area contributed by atoms with Crippen LogP contribution in [-0.2, 0) is 6.54 Å². The Morgan fingerprint density at radius 3 is 2.79 bits per heavy atom. The highest BCUT2D eigenvalue weighted by molar-refractivity contribution is 5.90. The molecule has 120 valence electrons. The second-order valence-corrected chi connectivity index (χ2v) is 5.08. The highest BCUT2D eigenvalue weighted by Gasteiger charge is 2.07. The van der Waals surface area contributed by atoms with E-state index in [1.807, 2.05) is 24.3 Å². The number of imidazole rings is 1. The summed E-state index contributed by atoms with van der Waals surface area (Å²) < 4.78 is 5.09. The van der Waals surface area contributed by atoms with E-state index < -0.39 is 0 Å². The van der Waals surface area contributed by atoms with Gasteiger partial charge in [-0.2, -0.15) is 5.26 Å². The smallest absolute Gasteiger partial charge is 0.321 e. The number of anilines is 1. The molecule has 0 saturated heterocycles. The Kier molecular flexibility index (Phi) is 4.29. The Balaban J connectivity index is 1.61. The van der Waals surface area contributed by atoms with Crippen molar-refractivity contribution in [2.45, 2.75) is 6.54 Å². The summed E-state index contributed by atoms with van der Waals surface area (Å²) in [5.74, 6) is 1.09. The average Bonchev–Trinajstić information content (AvgIpc) is 3.01. The standard InChI is InChI=1S/C17H15N5O2/c1-24-13-5-2-11(3-6-13)10-19-17(23)22-16-20-14-7-4-12(9-18)8-15(14)21-16/h2-8H,10H2,1H3,(H3,19,20,21,22,23). The zero-order chi connectivity index (χ0) is 16.9. The highest BCUT2D eigenvalue weighted by atomic mass is 16.5. The van der Waals surface area contributed by atoms with E-state index in [9.17, 15) is 4.79 Å². The zero-order valence-electron chi connectivity index (χ0n) is 13.0. The third kappa shape index (κ3) is 3.44. The molecule has 2 amide bonds. The van der Waals surface area contributed by atoms with Crippen LogP contribution in [0.2, 0.25) is 0 Å². The lowest BCUT2D eigenvalue weighted by Crippen LogP contribution is -2.28. The molecule has 2 aromatic carbocycles. The van der Waals surface area contributed by atoms with Gasteiger partial charge >= 0.3 is 6.03 Å². The van der Waals surface area contributed by atoms with Crippen molar-refractivity contribution in [2.75, 3.05) is 12.4 Å². The molecule has 0 saturated carbocycles. The number of nitrogens with one attached hydrogen (secondary N) is 3. The van der Waals surface area contributed by atoms with Crippen LogP contribution >= 0.6 is 0 Å². The number of rotatable bonds is 4. The maximum Gasteiger partial charge on any atom is 0.321 e. The van der Waals surface area contributed by atoms with Crippen LogP contribution in [0.5, 0.6) is 5.75 Å². The summed E-state index contributed by atoms with van der Waals surface area (Å²) in [6, 6.07) is 14.2. The van der Waals surface area contributed by atoms with Gasteiger partial charge in [0.25, 0.3) is 0 Å². The van der Waals surface area contributed by atoms with Gasteiger partial charge < -0.3 is 15.0 Å². The van der Waals surface area contributed by atoms with Crippen LogP contribution in [0.3, 0.4) is 0 Å². The maximum atomic E-state index is 11.9. The van der Waals surface area contributed by atoms with Gasteiger partial charge in [0.15, 0.2) is 0 Å². The minimum absolute atomic E-state index is 0.326. The first-order valence-electron chi connectivity index (χ1n) is 7.25. The molecule has 24 heavy (non-hydrogen) atoms. The lowest BCUT2D eigenvalue weighted by molar-refractivity contribution is 0.251. The first-order valence-corrected chi connectivity index (χ1v) is 7.25. The van der Waals surface area contributed by atoms with Crippen molar-refractivity contribution in [1.29, 1.82) is 5.26 Å². The normalized spacial score (nSPS) is 10.2. The van der Waals surface area contributed by atoms with Crippen LogP contribution < -0.4 is 15.4 Å². The first-order chi connectivity index (χ1) is 11.7. The van der Waals surface area contributed by atoms with Crippen LogP contribution in [0.1, 0.15) is 11.1 Å². The summed E-state index contributed by atoms with van der Waals surface area (Å²) in [7, 11) is 1.60. The van der Waals surface area contributed by atoms with E-state index in [0.29, 0.717) is 29.1 Å². The van der Waals surface area contributed by atoms with Gasteiger partial charge in [0.05, 0.1) is 29.8 Å². The molecule has 0 unspecified atom stereocenters. The van der Waals surface area contributed by atoms with E-state index in [1.54, 1.807) is 25.3 Å². The van der Waals surface area contributed by atoms with Gasteiger partial charge in [0.1, 0.15) is 5.75 Å². The summed E-state index contributed by atoms with van der Waals surface area (Å²) in [6.07, 6.45) is 0. The lowest BCUT2D eigenvalue weighted by Gasteiger charge is -2.06. The minimum atomic E-state index is -0.370. The largest absolute Gasteiger partial charge is 0.497 e. The van der Waals surface area contributed by atoms with Crippen LogP contribution in [0.25, 0.3) is 11.0 Å². The summed E-state index contributed by atoms with van der Waals surface area (Å²) in [6.45, 7) is 0.384. The number of benzene rings is 2. The van der Waals surface area contributed by atoms with Crippen molar-refractivity contribution in [3.8, 4) is 11.8 Å². The molecule has 7 nitrogen and oxygen atoms in total. The van der Waals surface area contributed by atoms with Crippen molar-refractivity contribution < 1.29 is 9.53 Å². The Bertz CT molecular complexity index is 909. The van der Waals surface area contributed by atoms with Crippen LogP contribution in [0, 0.1) is 11.3 Å². The third-order valence-corrected chi connectivity index (χ3v) is 3.46. The first kappa shape index (κ1) is 15.4. The lowest BCUT2D eigenvalue weighted by atomic mass is 10.2. The Hall–Kier alpha value is -3.53. The number of fused-ring (bicyclic) bond motifs is 1. The summed E-state index contributed by atoms with van der Waals surface area (Å²) >= 11 is 0. The number of ether oxygens (including phenoxy) is 1. The molecule has 0 aliphatic carbocycles. The minimum Gasteiger partial charge on any atom is -0.497 e. The van der Waals surface area contributed by atoms with E-state index in [0.717, 1.165) is 11.3 Å². The van der Waals surface area contributed by atoms with Gasteiger partial charge in [-0.05, 0) is 35.9 Å². The molecule has 0 aliphatic heterocycles. The molecular weight excluding hydrogens is 306 g/mol. The van der Waals surface area contributed by atoms with Gasteiger partial charge in [-0.1, -0.05) is 12.1 Å². The number of H-pyrrole nitrogens is 1. The fourth-order valence-electron chi connectivity index (χ4n) is 2.22. The van der Waals surface area contributed by atoms with Gasteiger partial charge in [0, 0.05) is 6.54 Å². The van der Waals surface area contributed by atoms with Gasteiger partial charge in [-0.25, -0.2) is 9.78 Å². The van der Waals surface area contributed by atoms with Crippen LogP contribution in [0.4, 0.5) is 10.7 Å². The molecule has 0 bridgehead atoms. The maximum absolute atomic E-state index is 11.9. The Labute approximate surface area is 138 Å². The fraction of sp³-hybridized carbons (Fsp3) is 0.118. The molecule has 0 fully saturated rings. The molecule has 0 radical (unpaired) electrons. The number of carbonyl (C=O) groups is 1. The van der Waals surface area contributed by atoms with Crippen LogP contribution in [-0.4, -0.2) is 23.1 Å². The molecule has 1 heterocycles. The van der Waals surface area contributed by atoms with Gasteiger partial charge in [0.2, 0.25) is 5.95 Å². The molecular formula is C17H15N5O2. The second kappa shape index (κ2) is 6.71. The number of nitrogens with zero attached hydrogens (tertiary/aromatic N) is 2. The number of carbonyl (C=O) groups excluding carboxylic acids is 1. The van der Waals surface area contributed by atoms with E-state index in [-0.39, 0.29) is 6.03 Å². The fourth-order valence-corrected chi connectivity index (χ4v) is 2.22. The highest BCUT2D eigenvalue weighted by Crippen LogP contribution is 2.16. The number of urea groups is 1. The predicted octanol–water partition coefficient (Wildman–Crippen LogP) is 2.76. The number of nitriles is 1. The summed E-state index contributed by atoms with van der Waals surface area (Å²) in [5.41, 5.74) is 2.86. The molecule has 0 aliphatic rings. The molecule has 3 aromatic rings. The molecule has 3 rings (SSSR count). The second-order valence-electron chi connectivity index (χ2n) is 5.08. The monoisotopic (exact) mass is 321 g/mol. The summed E-state index contributed by atoms with van der Waals surface area (Å²) in [5, 5.41) is 14.3. The van der Waals surface area contributed by atoms with E-state index >= 15 is 0 Å². The molecule has 0 spiro atoms. The van der Waals surface area contributed by atoms with Gasteiger partial charge in [-0.3, -0.25) is 5.32 Å². The van der Waals surface area contributed by atoms with Crippen molar-refractivity contribution in [3.05, 3.63) is 53.6 Å². The number of aromatic amines is 1. The SMILES string of the molecule is COc1ccc(CNC(=O)Nc2nc3ccc(C#N)cc3[nH]2)cc1. The summed E-state index contributed by atoms with van der Waals surface area (Å²) in [4.78, 5) is 19.2. The molecule has 7 heteroatoms. The van der Waals surface area contributed by atoms with E-state index in [2.05, 4.69) is 26.7 Å². The number of hydrogen-bond donors (Lipinski definition) is 3. The zero-order valence-corrected chi connectivity index (χ0v) is 13.0. The number of aromatic nitrogens is 2. The van der Waals surface area contributed by atoms with Crippen LogP contribution in [0.15, 0.2) is 42.5 Å². The third-order valence-electron chi connectivity index (χ3n) is 3.46. The van der Waals surface area contributed by atoms with E-state index in [4.69, 9.17) is 10.00 Å². The molecule has 0 atom stereocenters. The Morgan fingerprint density at radius 1 is 1.29 bits per heavy atom. The molecule has 1 aromatic heterocycles. The number of hydrogen-bond acceptors (Lipinski definition) is 4. The van der Waals surface area contributed by atoms with E-state index in [1.165, 1.54) is 0 Å². The predicted molar refractivity (Wildman–Crippen MR) is 89.7 cm³/mol. The van der Waals surface area contributed by atoms with Crippen molar-refractivity contribution in [3.63, 3.8) is 0 Å².